The molecule has 3 N–H and O–H groups in total. The molecule has 1 fully saturated rings. The van der Waals surface area contributed by atoms with E-state index in [0.29, 0.717) is 28.4 Å². The molecule has 0 aliphatic heterocycles. The van der Waals surface area contributed by atoms with Crippen molar-refractivity contribution in [3.05, 3.63) is 82.2 Å². The summed E-state index contributed by atoms with van der Waals surface area (Å²) < 4.78 is 6.59. The van der Waals surface area contributed by atoms with E-state index < -0.39 is 0 Å². The zero-order chi connectivity index (χ0) is 25.1. The number of benzene rings is 2. The molecule has 2 amide bonds. The van der Waals surface area contributed by atoms with E-state index in [-0.39, 0.29) is 23.6 Å². The summed E-state index contributed by atoms with van der Waals surface area (Å²) in [7, 11) is 1.61. The van der Waals surface area contributed by atoms with Gasteiger partial charge in [0.2, 0.25) is 0 Å². The second-order valence-corrected chi connectivity index (χ2v) is 9.61. The van der Waals surface area contributed by atoms with Crippen LogP contribution < -0.4 is 15.4 Å². The molecule has 2 aromatic heterocycles. The van der Waals surface area contributed by atoms with Crippen molar-refractivity contribution in [3.8, 4) is 22.8 Å². The number of carbonyl (C=O) groups is 2. The number of phenolic OH excluding ortho intramolecular Hbond substituents is 1. The molecule has 5 rings (SSSR count). The van der Waals surface area contributed by atoms with E-state index in [2.05, 4.69) is 15.7 Å². The summed E-state index contributed by atoms with van der Waals surface area (Å²) in [5.41, 5.74) is 3.25. The lowest BCUT2D eigenvalue weighted by atomic mass is 9.82. The highest BCUT2D eigenvalue weighted by Gasteiger charge is 2.27. The molecule has 4 aromatic rings. The number of aromatic nitrogens is 2. The van der Waals surface area contributed by atoms with E-state index in [4.69, 9.17) is 4.74 Å². The maximum absolute atomic E-state index is 13.1. The van der Waals surface area contributed by atoms with Crippen LogP contribution in [0.3, 0.4) is 0 Å². The van der Waals surface area contributed by atoms with Crippen molar-refractivity contribution in [2.45, 2.75) is 31.7 Å². The summed E-state index contributed by atoms with van der Waals surface area (Å²) >= 11 is 1.35. The van der Waals surface area contributed by atoms with E-state index in [0.717, 1.165) is 36.3 Å². The SMILES string of the molecule is COc1ccc(CNC(=O)n2nc(-c3ccc(NC(=O)c4cccs4)cc3O)cc2C2CCC2)cc1. The maximum Gasteiger partial charge on any atom is 0.342 e. The summed E-state index contributed by atoms with van der Waals surface area (Å²) in [6.07, 6.45) is 3.11. The molecule has 2 heterocycles. The van der Waals surface area contributed by atoms with Crippen LogP contribution in [0.2, 0.25) is 0 Å². The first-order chi connectivity index (χ1) is 17.5. The molecule has 1 aliphatic carbocycles. The summed E-state index contributed by atoms with van der Waals surface area (Å²) in [4.78, 5) is 26.0. The first-order valence-corrected chi connectivity index (χ1v) is 12.6. The van der Waals surface area contributed by atoms with E-state index in [1.54, 1.807) is 25.3 Å². The molecule has 184 valence electrons. The van der Waals surface area contributed by atoms with Gasteiger partial charge >= 0.3 is 6.03 Å². The third-order valence-electron chi connectivity index (χ3n) is 6.33. The van der Waals surface area contributed by atoms with Crippen molar-refractivity contribution >= 4 is 29.0 Å². The summed E-state index contributed by atoms with van der Waals surface area (Å²) in [6, 6.07) is 17.5. The number of amides is 2. The monoisotopic (exact) mass is 502 g/mol. The van der Waals surface area contributed by atoms with Crippen LogP contribution in [0.25, 0.3) is 11.3 Å². The molecule has 0 bridgehead atoms. The lowest BCUT2D eigenvalue weighted by Crippen LogP contribution is -2.31. The highest BCUT2D eigenvalue weighted by Crippen LogP contribution is 2.39. The van der Waals surface area contributed by atoms with Gasteiger partial charge in [-0.1, -0.05) is 24.6 Å². The summed E-state index contributed by atoms with van der Waals surface area (Å²) in [5.74, 6) is 0.750. The van der Waals surface area contributed by atoms with Crippen molar-refractivity contribution in [1.82, 2.24) is 15.1 Å². The van der Waals surface area contributed by atoms with Crippen LogP contribution in [0.4, 0.5) is 10.5 Å². The fourth-order valence-electron chi connectivity index (χ4n) is 4.11. The second kappa shape index (κ2) is 10.2. The number of carbonyl (C=O) groups excluding carboxylic acids is 2. The summed E-state index contributed by atoms with van der Waals surface area (Å²) in [5, 5.41) is 22.8. The van der Waals surface area contributed by atoms with Gasteiger partial charge < -0.3 is 20.5 Å². The van der Waals surface area contributed by atoms with E-state index in [1.165, 1.54) is 22.1 Å². The number of phenols is 1. The molecule has 0 spiro atoms. The fraction of sp³-hybridized carbons (Fsp3) is 0.222. The molecular weight excluding hydrogens is 476 g/mol. The van der Waals surface area contributed by atoms with Crippen LogP contribution in [0.5, 0.6) is 11.5 Å². The van der Waals surface area contributed by atoms with Gasteiger partial charge in [-0.25, -0.2) is 4.79 Å². The lowest BCUT2D eigenvalue weighted by molar-refractivity contribution is 0.103. The van der Waals surface area contributed by atoms with Crippen LogP contribution in [-0.4, -0.2) is 33.9 Å². The zero-order valence-electron chi connectivity index (χ0n) is 19.7. The Bertz CT molecular complexity index is 1380. The Labute approximate surface area is 212 Å². The Morgan fingerprint density at radius 1 is 1.14 bits per heavy atom. The van der Waals surface area contributed by atoms with Crippen molar-refractivity contribution in [2.75, 3.05) is 12.4 Å². The van der Waals surface area contributed by atoms with Crippen molar-refractivity contribution < 1.29 is 19.4 Å². The second-order valence-electron chi connectivity index (χ2n) is 8.66. The first-order valence-electron chi connectivity index (χ1n) is 11.7. The quantitative estimate of drug-likeness (QED) is 0.305. The van der Waals surface area contributed by atoms with Crippen LogP contribution in [0.15, 0.2) is 66.0 Å². The molecule has 1 aliphatic rings. The average molecular weight is 503 g/mol. The molecular formula is C27H26N4O4S. The van der Waals surface area contributed by atoms with Crippen LogP contribution in [0, 0.1) is 0 Å². The third-order valence-corrected chi connectivity index (χ3v) is 7.20. The number of methoxy groups -OCH3 is 1. The van der Waals surface area contributed by atoms with Crippen molar-refractivity contribution in [1.29, 1.82) is 0 Å². The highest BCUT2D eigenvalue weighted by molar-refractivity contribution is 7.12. The summed E-state index contributed by atoms with van der Waals surface area (Å²) in [6.45, 7) is 0.353. The molecule has 9 heteroatoms. The molecule has 0 radical (unpaired) electrons. The van der Waals surface area contributed by atoms with Gasteiger partial charge in [-0.05, 0) is 60.2 Å². The number of aromatic hydroxyl groups is 1. The van der Waals surface area contributed by atoms with E-state index >= 15 is 0 Å². The van der Waals surface area contributed by atoms with Gasteiger partial charge in [-0.3, -0.25) is 4.79 Å². The number of hydrogen-bond donors (Lipinski definition) is 3. The molecule has 36 heavy (non-hydrogen) atoms. The Kier molecular flexibility index (Phi) is 6.73. The van der Waals surface area contributed by atoms with Gasteiger partial charge in [0.25, 0.3) is 5.91 Å². The fourth-order valence-corrected chi connectivity index (χ4v) is 4.73. The minimum absolute atomic E-state index is 0.0255. The predicted octanol–water partition coefficient (Wildman–Crippen LogP) is 5.60. The van der Waals surface area contributed by atoms with Crippen LogP contribution in [0.1, 0.15) is 46.1 Å². The van der Waals surface area contributed by atoms with E-state index in [1.807, 2.05) is 41.8 Å². The first kappa shape index (κ1) is 23.6. The molecule has 0 atom stereocenters. The van der Waals surface area contributed by atoms with Gasteiger partial charge in [-0.15, -0.1) is 11.3 Å². The minimum Gasteiger partial charge on any atom is -0.507 e. The number of rotatable bonds is 7. The van der Waals surface area contributed by atoms with Gasteiger partial charge in [0.05, 0.1) is 23.4 Å². The topological polar surface area (TPSA) is 105 Å². The van der Waals surface area contributed by atoms with Crippen LogP contribution in [-0.2, 0) is 6.54 Å². The lowest BCUT2D eigenvalue weighted by Gasteiger charge is -2.25. The number of ether oxygens (including phenoxy) is 1. The smallest absolute Gasteiger partial charge is 0.342 e. The van der Waals surface area contributed by atoms with Crippen LogP contribution >= 0.6 is 11.3 Å². The highest BCUT2D eigenvalue weighted by atomic mass is 32.1. The molecule has 8 nitrogen and oxygen atoms in total. The molecule has 2 aromatic carbocycles. The average Bonchev–Trinajstić information content (AvgIpc) is 3.53. The van der Waals surface area contributed by atoms with Gasteiger partial charge in [0.1, 0.15) is 11.5 Å². The normalized spacial score (nSPS) is 13.1. The Hall–Kier alpha value is -4.11. The number of anilines is 1. The van der Waals surface area contributed by atoms with Gasteiger partial charge in [-0.2, -0.15) is 9.78 Å². The third kappa shape index (κ3) is 4.96. The number of thiophene rings is 1. The van der Waals surface area contributed by atoms with Crippen molar-refractivity contribution in [2.24, 2.45) is 0 Å². The Balaban J connectivity index is 1.35. The predicted molar refractivity (Wildman–Crippen MR) is 139 cm³/mol. The standard InChI is InChI=1S/C27H26N4O4S/c1-35-20-10-7-17(8-11-20)16-28-27(34)31-23(18-4-2-5-18)15-22(30-31)21-12-9-19(14-24(21)32)29-26(33)25-6-3-13-36-25/h3,6-15,18,32H,2,4-5,16H2,1H3,(H,28,34)(H,29,33). The van der Waals surface area contributed by atoms with Gasteiger partial charge in [0, 0.05) is 29.8 Å². The molecule has 1 saturated carbocycles. The number of hydrogen-bond acceptors (Lipinski definition) is 6. The van der Waals surface area contributed by atoms with E-state index in [9.17, 15) is 14.7 Å². The largest absolute Gasteiger partial charge is 0.507 e. The molecule has 0 saturated heterocycles. The minimum atomic E-state index is -0.321. The maximum atomic E-state index is 13.1. The number of nitrogens with zero attached hydrogens (tertiary/aromatic N) is 2. The zero-order valence-corrected chi connectivity index (χ0v) is 20.5. The van der Waals surface area contributed by atoms with Gasteiger partial charge in [0.15, 0.2) is 0 Å². The van der Waals surface area contributed by atoms with Crippen molar-refractivity contribution in [3.63, 3.8) is 0 Å². The Morgan fingerprint density at radius 3 is 2.58 bits per heavy atom. The number of nitrogens with one attached hydrogen (secondary N) is 2. The molecule has 0 unspecified atom stereocenters. The Morgan fingerprint density at radius 2 is 1.94 bits per heavy atom.